The number of primary amides is 1. The van der Waals surface area contributed by atoms with E-state index in [1.165, 1.54) is 6.92 Å². The predicted octanol–water partition coefficient (Wildman–Crippen LogP) is -4.66. The van der Waals surface area contributed by atoms with Crippen molar-refractivity contribution in [3.63, 3.8) is 0 Å². The van der Waals surface area contributed by atoms with E-state index < -0.39 is 60.9 Å². The van der Waals surface area contributed by atoms with E-state index in [0.717, 1.165) is 7.05 Å². The molecule has 13 nitrogen and oxygen atoms in total. The molecule has 0 fully saturated rings. The molecule has 3 amide bonds. The molecule has 0 heterocycles. The van der Waals surface area contributed by atoms with E-state index in [1.807, 2.05) is 0 Å². The van der Waals surface area contributed by atoms with Gasteiger partial charge in [-0.05, 0) is 19.1 Å². The molecule has 0 saturated carbocycles. The third kappa shape index (κ3) is 8.59. The summed E-state index contributed by atoms with van der Waals surface area (Å²) >= 11 is 4.85. The largest absolute Gasteiger partial charge is 0.480 e. The monoisotopic (exact) mass is 408 g/mol. The molecule has 154 valence electrons. The number of carbonyl (C=O) groups is 4. The molecule has 1 unspecified atom stereocenters. The van der Waals surface area contributed by atoms with Crippen molar-refractivity contribution < 1.29 is 34.5 Å². The van der Waals surface area contributed by atoms with Crippen molar-refractivity contribution in [3.8, 4) is 0 Å². The van der Waals surface area contributed by atoms with Crippen molar-refractivity contribution in [2.45, 2.75) is 37.6 Å². The summed E-state index contributed by atoms with van der Waals surface area (Å²) in [4.78, 5) is 46.3. The Morgan fingerprint density at radius 3 is 2.11 bits per heavy atom. The van der Waals surface area contributed by atoms with E-state index >= 15 is 0 Å². The quantitative estimate of drug-likeness (QED) is 0.134. The fraction of sp³-hybridized carbons (Fsp3) is 0.615. The second-order valence-electron chi connectivity index (χ2n) is 5.55. The number of nitrogens with zero attached hydrogens (tertiary/aromatic N) is 1. The molecule has 0 aromatic carbocycles. The molecule has 0 rings (SSSR count). The molecule has 14 heteroatoms. The second kappa shape index (κ2) is 11.2. The number of hydrazine groups is 1. The van der Waals surface area contributed by atoms with Gasteiger partial charge >= 0.3 is 5.97 Å². The third-order valence-corrected chi connectivity index (χ3v) is 3.46. The lowest BCUT2D eigenvalue weighted by molar-refractivity contribution is -0.143. The lowest BCUT2D eigenvalue weighted by atomic mass is 10.1. The molecule has 0 aliphatic carbocycles. The van der Waals surface area contributed by atoms with E-state index in [2.05, 4.69) is 16.1 Å². The number of carbonyl (C=O) groups excluding carboxylic acids is 3. The van der Waals surface area contributed by atoms with E-state index in [0.29, 0.717) is 5.01 Å². The lowest BCUT2D eigenvalue weighted by Gasteiger charge is -2.27. The van der Waals surface area contributed by atoms with Gasteiger partial charge in [0.15, 0.2) is 5.11 Å². The molecule has 0 saturated heterocycles. The average molecular weight is 408 g/mol. The van der Waals surface area contributed by atoms with Crippen LogP contribution in [0.2, 0.25) is 0 Å². The Balaban J connectivity index is 5.08. The molecule has 0 aliphatic heterocycles. The van der Waals surface area contributed by atoms with E-state index in [1.54, 1.807) is 0 Å². The zero-order chi connectivity index (χ0) is 21.3. The summed E-state index contributed by atoms with van der Waals surface area (Å²) in [7, 11) is 1.16. The van der Waals surface area contributed by atoms with Gasteiger partial charge in [0.05, 0.1) is 19.1 Å². The van der Waals surface area contributed by atoms with Gasteiger partial charge < -0.3 is 37.4 Å². The standard InChI is InChI=1S/C13H24N6O7S/c1-5(21)9(15)10(23)18-19(2)11(24)6(3-8(14)22)16-13(27)17-7(4-20)12(25)26/h5-7,9,20-21H,3-4,15H2,1-2H3,(H2,14,22)(H,18,23)(H,25,26)(H2,16,17,27)/t5?,6-,7-,9-/m1/s1. The maximum Gasteiger partial charge on any atom is 0.328 e. The summed E-state index contributed by atoms with van der Waals surface area (Å²) in [6.07, 6.45) is -1.70. The van der Waals surface area contributed by atoms with Crippen LogP contribution in [-0.2, 0) is 19.2 Å². The van der Waals surface area contributed by atoms with Crippen molar-refractivity contribution in [1.82, 2.24) is 21.1 Å². The zero-order valence-corrected chi connectivity index (χ0v) is 15.5. The smallest absolute Gasteiger partial charge is 0.328 e. The molecular formula is C13H24N6O7S. The maximum absolute atomic E-state index is 12.4. The van der Waals surface area contributed by atoms with Gasteiger partial charge in [0.25, 0.3) is 11.8 Å². The third-order valence-electron chi connectivity index (χ3n) is 3.23. The number of carboxylic acid groups (broad SMARTS) is 1. The molecule has 27 heavy (non-hydrogen) atoms. The van der Waals surface area contributed by atoms with Gasteiger partial charge in [-0.2, -0.15) is 0 Å². The molecule has 0 aromatic heterocycles. The average Bonchev–Trinajstić information content (AvgIpc) is 2.56. The van der Waals surface area contributed by atoms with Crippen LogP contribution in [0.4, 0.5) is 0 Å². The van der Waals surface area contributed by atoms with Crippen molar-refractivity contribution in [2.24, 2.45) is 11.5 Å². The Kier molecular flexibility index (Phi) is 10.2. The van der Waals surface area contributed by atoms with Crippen LogP contribution in [-0.4, -0.2) is 87.0 Å². The highest BCUT2D eigenvalue weighted by atomic mass is 32.1. The van der Waals surface area contributed by atoms with Crippen LogP contribution in [0.15, 0.2) is 0 Å². The van der Waals surface area contributed by atoms with Crippen molar-refractivity contribution in [2.75, 3.05) is 13.7 Å². The summed E-state index contributed by atoms with van der Waals surface area (Å²) in [6, 6.07) is -4.08. The van der Waals surface area contributed by atoms with Gasteiger partial charge in [0.1, 0.15) is 18.1 Å². The first kappa shape index (κ1) is 24.5. The summed E-state index contributed by atoms with van der Waals surface area (Å²) in [6.45, 7) is 0.506. The number of aliphatic hydroxyl groups excluding tert-OH is 2. The number of carboxylic acids is 1. The SMILES string of the molecule is CC(O)[C@@H](N)C(=O)NN(C)C(=O)[C@@H](CC(N)=O)NC(=S)N[C@H](CO)C(=O)O. The molecular weight excluding hydrogens is 384 g/mol. The van der Waals surface area contributed by atoms with Crippen LogP contribution >= 0.6 is 12.2 Å². The minimum atomic E-state index is -1.43. The fourth-order valence-electron chi connectivity index (χ4n) is 1.69. The predicted molar refractivity (Wildman–Crippen MR) is 95.5 cm³/mol. The van der Waals surface area contributed by atoms with Gasteiger partial charge in [0.2, 0.25) is 5.91 Å². The van der Waals surface area contributed by atoms with Gasteiger partial charge in [-0.3, -0.25) is 24.8 Å². The van der Waals surface area contributed by atoms with Crippen LogP contribution in [0.3, 0.4) is 0 Å². The highest BCUT2D eigenvalue weighted by molar-refractivity contribution is 7.80. The minimum Gasteiger partial charge on any atom is -0.480 e. The van der Waals surface area contributed by atoms with Gasteiger partial charge in [-0.25, -0.2) is 4.79 Å². The number of hydrogen-bond acceptors (Lipinski definition) is 8. The fourth-order valence-corrected chi connectivity index (χ4v) is 1.98. The first-order chi connectivity index (χ1) is 12.4. The number of thiocarbonyl (C=S) groups is 1. The first-order valence-corrected chi connectivity index (χ1v) is 8.02. The first-order valence-electron chi connectivity index (χ1n) is 7.61. The van der Waals surface area contributed by atoms with Crippen LogP contribution < -0.4 is 27.5 Å². The number of aliphatic hydroxyl groups is 2. The van der Waals surface area contributed by atoms with Crippen molar-refractivity contribution >= 4 is 41.0 Å². The highest BCUT2D eigenvalue weighted by Crippen LogP contribution is 1.98. The van der Waals surface area contributed by atoms with Gasteiger partial charge in [0, 0.05) is 7.05 Å². The van der Waals surface area contributed by atoms with E-state index in [4.69, 9.17) is 33.9 Å². The topological polar surface area (TPSA) is 220 Å². The van der Waals surface area contributed by atoms with E-state index in [9.17, 15) is 24.3 Å². The van der Waals surface area contributed by atoms with Gasteiger partial charge in [-0.15, -0.1) is 0 Å². The van der Waals surface area contributed by atoms with E-state index in [-0.39, 0.29) is 5.11 Å². The number of rotatable bonds is 9. The number of aliphatic carboxylic acids is 1. The van der Waals surface area contributed by atoms with Crippen LogP contribution in [0.25, 0.3) is 0 Å². The second-order valence-corrected chi connectivity index (χ2v) is 5.96. The van der Waals surface area contributed by atoms with Crippen LogP contribution in [0.5, 0.6) is 0 Å². The Labute approximate surface area is 160 Å². The van der Waals surface area contributed by atoms with Gasteiger partial charge in [-0.1, -0.05) is 0 Å². The molecule has 0 aliphatic rings. The molecule has 0 aromatic rings. The summed E-state index contributed by atoms with van der Waals surface area (Å²) < 4.78 is 0. The maximum atomic E-state index is 12.4. The Morgan fingerprint density at radius 1 is 1.19 bits per heavy atom. The number of nitrogens with two attached hydrogens (primary N) is 2. The minimum absolute atomic E-state index is 0.337. The summed E-state index contributed by atoms with van der Waals surface area (Å²) in [5.41, 5.74) is 12.7. The molecule has 0 spiro atoms. The Morgan fingerprint density at radius 2 is 1.70 bits per heavy atom. The summed E-state index contributed by atoms with van der Waals surface area (Å²) in [5, 5.41) is 32.1. The Hall–Kier alpha value is -2.55. The number of hydrogen-bond donors (Lipinski definition) is 8. The van der Waals surface area contributed by atoms with Crippen LogP contribution in [0, 0.1) is 0 Å². The zero-order valence-electron chi connectivity index (χ0n) is 14.7. The number of nitrogens with one attached hydrogen (secondary N) is 3. The molecule has 10 N–H and O–H groups in total. The normalized spacial score (nSPS) is 14.9. The Bertz CT molecular complexity index is 588. The molecule has 0 bridgehead atoms. The van der Waals surface area contributed by atoms with Crippen molar-refractivity contribution in [3.05, 3.63) is 0 Å². The highest BCUT2D eigenvalue weighted by Gasteiger charge is 2.28. The van der Waals surface area contributed by atoms with Crippen molar-refractivity contribution in [1.29, 1.82) is 0 Å². The lowest BCUT2D eigenvalue weighted by Crippen LogP contribution is -2.59. The van der Waals surface area contributed by atoms with Crippen LogP contribution in [0.1, 0.15) is 13.3 Å². The summed E-state index contributed by atoms with van der Waals surface area (Å²) in [5.74, 6) is -3.97. The molecule has 4 atom stereocenters. The molecule has 0 radical (unpaired) electrons. The number of likely N-dealkylation sites (N-methyl/N-ethyl adjacent to an activating group) is 1. The number of amides is 3.